The molecule has 8 rings (SSSR count). The highest BCUT2D eigenvalue weighted by Gasteiger charge is 2.19. The van der Waals surface area contributed by atoms with E-state index in [1.807, 2.05) is 54.6 Å². The number of anilines is 1. The fraction of sp³-hybridized carbons (Fsp3) is 0.189. The van der Waals surface area contributed by atoms with Gasteiger partial charge in [0.05, 0.1) is 46.7 Å². The van der Waals surface area contributed by atoms with Crippen LogP contribution in [0.3, 0.4) is 0 Å². The molecule has 3 N–H and O–H groups in total. The number of amides is 1. The van der Waals surface area contributed by atoms with Gasteiger partial charge in [-0.05, 0) is 67.4 Å². The number of nitrogens with zero attached hydrogens (tertiary/aromatic N) is 6. The third-order valence-corrected chi connectivity index (χ3v) is 8.61. The van der Waals surface area contributed by atoms with Crippen LogP contribution in [0.2, 0.25) is 0 Å². The smallest absolute Gasteiger partial charge is 0.228 e. The van der Waals surface area contributed by atoms with Gasteiger partial charge < -0.3 is 15.0 Å². The van der Waals surface area contributed by atoms with Crippen LogP contribution in [0.25, 0.3) is 56.0 Å². The molecule has 11 nitrogen and oxygen atoms in total. The monoisotopic (exact) mass is 653 g/mol. The van der Waals surface area contributed by atoms with Crippen molar-refractivity contribution in [2.75, 3.05) is 31.6 Å². The molecule has 0 saturated carbocycles. The molecule has 0 radical (unpaired) electrons. The van der Waals surface area contributed by atoms with E-state index in [9.17, 15) is 9.18 Å². The van der Waals surface area contributed by atoms with E-state index in [0.717, 1.165) is 36.3 Å². The molecule has 1 amide bonds. The van der Waals surface area contributed by atoms with Gasteiger partial charge in [-0.1, -0.05) is 30.3 Å². The van der Waals surface area contributed by atoms with Crippen molar-refractivity contribution >= 4 is 33.7 Å². The van der Waals surface area contributed by atoms with Crippen molar-refractivity contribution in [2.24, 2.45) is 0 Å². The first-order valence-electron chi connectivity index (χ1n) is 16.2. The molecular formula is C37H32FN9O2. The maximum atomic E-state index is 14.8. The second kappa shape index (κ2) is 13.2. The summed E-state index contributed by atoms with van der Waals surface area (Å²) < 4.78 is 20.8. The Balaban J connectivity index is 1.06. The van der Waals surface area contributed by atoms with E-state index >= 15 is 0 Å². The number of aromatic amines is 2. The van der Waals surface area contributed by atoms with Crippen LogP contribution in [0.15, 0.2) is 91.5 Å². The van der Waals surface area contributed by atoms with E-state index < -0.39 is 5.82 Å². The minimum absolute atomic E-state index is 0.135. The molecule has 0 bridgehead atoms. The number of carbonyl (C=O) groups excluding carboxylic acids is 1. The molecule has 0 unspecified atom stereocenters. The first kappa shape index (κ1) is 30.3. The average molecular weight is 654 g/mol. The number of fused-ring (bicyclic) bond motifs is 2. The first-order chi connectivity index (χ1) is 24.1. The normalized spacial score (nSPS) is 13.3. The van der Waals surface area contributed by atoms with Gasteiger partial charge in [0.25, 0.3) is 0 Å². The summed E-state index contributed by atoms with van der Waals surface area (Å²) in [4.78, 5) is 36.9. The molecular weight excluding hydrogens is 621 g/mol. The topological polar surface area (TPSA) is 138 Å². The minimum Gasteiger partial charge on any atom is -0.492 e. The summed E-state index contributed by atoms with van der Waals surface area (Å²) in [5.74, 6) is 0.416. The van der Waals surface area contributed by atoms with Crippen LogP contribution in [0, 0.1) is 5.82 Å². The Kier molecular flexibility index (Phi) is 8.20. The molecule has 6 heterocycles. The van der Waals surface area contributed by atoms with Crippen LogP contribution in [-0.4, -0.2) is 72.2 Å². The number of rotatable bonds is 10. The first-order valence-corrected chi connectivity index (χ1v) is 16.2. The van der Waals surface area contributed by atoms with Crippen molar-refractivity contribution in [1.82, 2.24) is 40.0 Å². The maximum Gasteiger partial charge on any atom is 0.228 e. The van der Waals surface area contributed by atoms with Gasteiger partial charge in [-0.15, -0.1) is 0 Å². The maximum absolute atomic E-state index is 14.8. The Morgan fingerprint density at radius 1 is 0.878 bits per heavy atom. The van der Waals surface area contributed by atoms with Gasteiger partial charge in [0.1, 0.15) is 23.7 Å². The lowest BCUT2D eigenvalue weighted by Gasteiger charge is -2.15. The molecule has 0 atom stereocenters. The fourth-order valence-electron chi connectivity index (χ4n) is 6.22. The number of pyridine rings is 3. The van der Waals surface area contributed by atoms with Crippen molar-refractivity contribution in [3.63, 3.8) is 0 Å². The Morgan fingerprint density at radius 3 is 2.61 bits per heavy atom. The lowest BCUT2D eigenvalue weighted by Crippen LogP contribution is -2.25. The Hall–Kier alpha value is -6.01. The number of H-pyrrole nitrogens is 2. The zero-order chi connectivity index (χ0) is 33.2. The fourth-order valence-corrected chi connectivity index (χ4v) is 6.22. The summed E-state index contributed by atoms with van der Waals surface area (Å²) in [5.41, 5.74) is 7.28. The van der Waals surface area contributed by atoms with Crippen LogP contribution in [-0.2, 0) is 11.2 Å². The molecule has 2 aromatic carbocycles. The Morgan fingerprint density at radius 2 is 1.73 bits per heavy atom. The van der Waals surface area contributed by atoms with E-state index in [-0.39, 0.29) is 12.3 Å². The van der Waals surface area contributed by atoms with E-state index in [1.165, 1.54) is 25.0 Å². The number of aromatic nitrogens is 7. The summed E-state index contributed by atoms with van der Waals surface area (Å²) in [7, 11) is 0. The Bertz CT molecular complexity index is 2280. The van der Waals surface area contributed by atoms with Gasteiger partial charge in [0, 0.05) is 36.1 Å². The van der Waals surface area contributed by atoms with Gasteiger partial charge in [-0.2, -0.15) is 5.10 Å². The van der Waals surface area contributed by atoms with Gasteiger partial charge in [0.2, 0.25) is 5.91 Å². The number of hydrogen-bond acceptors (Lipinski definition) is 8. The van der Waals surface area contributed by atoms with Crippen LogP contribution in [0.4, 0.5) is 10.1 Å². The van der Waals surface area contributed by atoms with Crippen LogP contribution in [0.5, 0.6) is 5.75 Å². The standard InChI is InChI=1S/C37H32FN9O2/c38-26-15-24(17-28(18-26)49-13-12-47-10-4-5-11-47)29-21-40-22-32-34(29)44-37(43-32)36-35-31(45-46-36)9-8-30(42-35)25-16-27(20-39-19-25)41-33(48)14-23-6-2-1-3-7-23/h1-3,6-9,15-22H,4-5,10-14H2,(H,41,48)(H,43,44)(H,45,46). The van der Waals surface area contributed by atoms with Crippen LogP contribution < -0.4 is 10.1 Å². The predicted molar refractivity (Wildman–Crippen MR) is 185 cm³/mol. The third-order valence-electron chi connectivity index (χ3n) is 8.61. The summed E-state index contributed by atoms with van der Waals surface area (Å²) in [6, 6.07) is 19.8. The minimum atomic E-state index is -0.397. The van der Waals surface area contributed by atoms with Gasteiger partial charge >= 0.3 is 0 Å². The summed E-state index contributed by atoms with van der Waals surface area (Å²) >= 11 is 0. The molecule has 1 aliphatic rings. The second-order valence-electron chi connectivity index (χ2n) is 12.1. The predicted octanol–water partition coefficient (Wildman–Crippen LogP) is 6.42. The number of ether oxygens (including phenoxy) is 1. The number of likely N-dealkylation sites (tertiary alicyclic amines) is 1. The molecule has 5 aromatic heterocycles. The average Bonchev–Trinajstić information content (AvgIpc) is 3.88. The number of imidazole rings is 1. The second-order valence-corrected chi connectivity index (χ2v) is 12.1. The van der Waals surface area contributed by atoms with Crippen LogP contribution >= 0.6 is 0 Å². The van der Waals surface area contributed by atoms with Crippen molar-refractivity contribution in [3.8, 4) is 39.7 Å². The van der Waals surface area contributed by atoms with Crippen molar-refractivity contribution < 1.29 is 13.9 Å². The number of halogens is 1. The molecule has 12 heteroatoms. The molecule has 7 aromatic rings. The van der Waals surface area contributed by atoms with Crippen molar-refractivity contribution in [1.29, 1.82) is 0 Å². The molecule has 244 valence electrons. The molecule has 1 saturated heterocycles. The highest BCUT2D eigenvalue weighted by Crippen LogP contribution is 2.33. The van der Waals surface area contributed by atoms with E-state index in [2.05, 4.69) is 35.4 Å². The number of carbonyl (C=O) groups is 1. The van der Waals surface area contributed by atoms with Gasteiger partial charge in [0.15, 0.2) is 11.5 Å². The summed E-state index contributed by atoms with van der Waals surface area (Å²) in [5, 5.41) is 10.5. The number of hydrogen-bond donors (Lipinski definition) is 3. The van der Waals surface area contributed by atoms with Crippen LogP contribution in [0.1, 0.15) is 18.4 Å². The Labute approximate surface area is 280 Å². The highest BCUT2D eigenvalue weighted by molar-refractivity contribution is 5.96. The quantitative estimate of drug-likeness (QED) is 0.154. The summed E-state index contributed by atoms with van der Waals surface area (Å²) in [6.45, 7) is 3.46. The van der Waals surface area contributed by atoms with E-state index in [0.29, 0.717) is 62.9 Å². The van der Waals surface area contributed by atoms with Gasteiger partial charge in [-0.3, -0.25) is 24.8 Å². The molecule has 0 spiro atoms. The van der Waals surface area contributed by atoms with Gasteiger partial charge in [-0.25, -0.2) is 14.4 Å². The lowest BCUT2D eigenvalue weighted by molar-refractivity contribution is -0.115. The van der Waals surface area contributed by atoms with Crippen molar-refractivity contribution in [3.05, 3.63) is 103 Å². The largest absolute Gasteiger partial charge is 0.492 e. The van der Waals surface area contributed by atoms with Crippen molar-refractivity contribution in [2.45, 2.75) is 19.3 Å². The SMILES string of the molecule is O=C(Cc1ccccc1)Nc1cncc(-c2ccc3[nH]nc(-c4nc5c(-c6cc(F)cc(OCCN7CCCC7)c6)cncc5[nH]4)c3n2)c1. The molecule has 0 aliphatic carbocycles. The molecule has 1 aliphatic heterocycles. The lowest BCUT2D eigenvalue weighted by atomic mass is 10.1. The zero-order valence-corrected chi connectivity index (χ0v) is 26.5. The molecule has 1 fully saturated rings. The summed E-state index contributed by atoms with van der Waals surface area (Å²) in [6.07, 6.45) is 9.34. The van der Waals surface area contributed by atoms with E-state index in [4.69, 9.17) is 14.7 Å². The number of nitrogens with one attached hydrogen (secondary N) is 3. The third kappa shape index (κ3) is 6.58. The molecule has 49 heavy (non-hydrogen) atoms. The number of benzene rings is 2. The van der Waals surface area contributed by atoms with E-state index in [1.54, 1.807) is 24.8 Å². The zero-order valence-electron chi connectivity index (χ0n) is 26.5. The highest BCUT2D eigenvalue weighted by atomic mass is 19.1.